The zero-order chi connectivity index (χ0) is 15.2. The molecule has 116 valence electrons. The molecule has 2 fully saturated rings. The fourth-order valence-corrected chi connectivity index (χ4v) is 4.31. The number of benzene rings is 1. The van der Waals surface area contributed by atoms with Crippen molar-refractivity contribution in [2.45, 2.75) is 37.5 Å². The number of carbonyl (C=O) groups excluding carboxylic acids is 1. The minimum atomic E-state index is -0.387. The van der Waals surface area contributed by atoms with Gasteiger partial charge in [0.2, 0.25) is 5.91 Å². The molecule has 2 nitrogen and oxygen atoms in total. The minimum absolute atomic E-state index is 0.123. The summed E-state index contributed by atoms with van der Waals surface area (Å²) < 4.78 is 13.0. The molecule has 0 heterocycles. The fraction of sp³-hybridized carbons (Fsp3) is 0.526. The predicted octanol–water partition coefficient (Wildman–Crippen LogP) is 3.58. The van der Waals surface area contributed by atoms with E-state index < -0.39 is 0 Å². The predicted molar refractivity (Wildman–Crippen MR) is 83.8 cm³/mol. The van der Waals surface area contributed by atoms with E-state index >= 15 is 0 Å². The summed E-state index contributed by atoms with van der Waals surface area (Å²) in [7, 11) is 0. The van der Waals surface area contributed by atoms with Crippen molar-refractivity contribution in [1.82, 2.24) is 5.32 Å². The standard InChI is InChI=1S/C19H22FNO/c20-17-5-3-16(4-6-17)19(8-9-19)18(22)21-10-7-15-12-13-1-2-14(15)11-13/h1-6,13-15H,7-12H2,(H,21,22)/t13-,14+,15-/m1/s1. The molecular formula is C19H22FNO. The van der Waals surface area contributed by atoms with Gasteiger partial charge in [0.05, 0.1) is 5.41 Å². The van der Waals surface area contributed by atoms with Crippen molar-refractivity contribution in [3.8, 4) is 0 Å². The van der Waals surface area contributed by atoms with Crippen molar-refractivity contribution in [3.63, 3.8) is 0 Å². The highest BCUT2D eigenvalue weighted by Crippen LogP contribution is 2.48. The number of amides is 1. The van der Waals surface area contributed by atoms with Crippen LogP contribution in [-0.2, 0) is 10.2 Å². The van der Waals surface area contributed by atoms with Crippen LogP contribution in [0.2, 0.25) is 0 Å². The lowest BCUT2D eigenvalue weighted by Crippen LogP contribution is -2.36. The summed E-state index contributed by atoms with van der Waals surface area (Å²) in [5.74, 6) is 2.16. The van der Waals surface area contributed by atoms with Crippen molar-refractivity contribution in [2.24, 2.45) is 17.8 Å². The van der Waals surface area contributed by atoms with E-state index in [2.05, 4.69) is 17.5 Å². The van der Waals surface area contributed by atoms with Crippen LogP contribution in [0.5, 0.6) is 0 Å². The maximum Gasteiger partial charge on any atom is 0.230 e. The van der Waals surface area contributed by atoms with E-state index in [1.807, 2.05) is 0 Å². The molecular weight excluding hydrogens is 277 g/mol. The number of carbonyl (C=O) groups is 1. The summed E-state index contributed by atoms with van der Waals surface area (Å²) in [4.78, 5) is 12.5. The summed E-state index contributed by atoms with van der Waals surface area (Å²) in [5, 5.41) is 3.13. The van der Waals surface area contributed by atoms with Gasteiger partial charge in [0, 0.05) is 6.54 Å². The van der Waals surface area contributed by atoms with Gasteiger partial charge in [-0.2, -0.15) is 0 Å². The smallest absolute Gasteiger partial charge is 0.230 e. The van der Waals surface area contributed by atoms with Gasteiger partial charge >= 0.3 is 0 Å². The summed E-state index contributed by atoms with van der Waals surface area (Å²) in [5.41, 5.74) is 0.566. The topological polar surface area (TPSA) is 29.1 Å². The van der Waals surface area contributed by atoms with Gasteiger partial charge in [-0.1, -0.05) is 24.3 Å². The van der Waals surface area contributed by atoms with Gasteiger partial charge in [-0.15, -0.1) is 0 Å². The highest BCUT2D eigenvalue weighted by molar-refractivity contribution is 5.91. The molecule has 22 heavy (non-hydrogen) atoms. The fourth-order valence-electron chi connectivity index (χ4n) is 4.31. The van der Waals surface area contributed by atoms with Crippen LogP contribution in [0.1, 0.15) is 37.7 Å². The Hall–Kier alpha value is -1.64. The number of allylic oxidation sites excluding steroid dienone is 2. The first-order valence-electron chi connectivity index (χ1n) is 8.40. The Bertz CT molecular complexity index is 602. The molecule has 1 amide bonds. The van der Waals surface area contributed by atoms with Crippen LogP contribution in [0.25, 0.3) is 0 Å². The highest BCUT2D eigenvalue weighted by atomic mass is 19.1. The number of hydrogen-bond donors (Lipinski definition) is 1. The first-order valence-corrected chi connectivity index (χ1v) is 8.40. The molecule has 0 unspecified atom stereocenters. The Morgan fingerprint density at radius 3 is 2.55 bits per heavy atom. The zero-order valence-corrected chi connectivity index (χ0v) is 12.7. The second-order valence-electron chi connectivity index (χ2n) is 7.17. The second-order valence-corrected chi connectivity index (χ2v) is 7.17. The Balaban J connectivity index is 1.32. The zero-order valence-electron chi connectivity index (χ0n) is 12.7. The monoisotopic (exact) mass is 299 g/mol. The first-order chi connectivity index (χ1) is 10.7. The molecule has 0 aliphatic heterocycles. The molecule has 2 bridgehead atoms. The lowest BCUT2D eigenvalue weighted by Gasteiger charge is -2.20. The van der Waals surface area contributed by atoms with Crippen LogP contribution in [0, 0.1) is 23.6 Å². The van der Waals surface area contributed by atoms with Crippen LogP contribution >= 0.6 is 0 Å². The number of fused-ring (bicyclic) bond motifs is 2. The molecule has 3 atom stereocenters. The lowest BCUT2D eigenvalue weighted by atomic mass is 9.90. The summed E-state index contributed by atoms with van der Waals surface area (Å²) in [6.07, 6.45) is 10.2. The van der Waals surface area contributed by atoms with Crippen molar-refractivity contribution in [3.05, 3.63) is 47.8 Å². The molecule has 0 aromatic heterocycles. The van der Waals surface area contributed by atoms with E-state index in [1.165, 1.54) is 25.0 Å². The third-order valence-electron chi connectivity index (χ3n) is 5.80. The molecule has 0 saturated heterocycles. The minimum Gasteiger partial charge on any atom is -0.355 e. The molecule has 4 rings (SSSR count). The number of nitrogens with one attached hydrogen (secondary N) is 1. The van der Waals surface area contributed by atoms with E-state index in [4.69, 9.17) is 0 Å². The van der Waals surface area contributed by atoms with Crippen molar-refractivity contribution < 1.29 is 9.18 Å². The average Bonchev–Trinajstić information content (AvgIpc) is 3.07. The number of hydrogen-bond acceptors (Lipinski definition) is 1. The maximum absolute atomic E-state index is 13.0. The number of halogens is 1. The Morgan fingerprint density at radius 2 is 1.95 bits per heavy atom. The van der Waals surface area contributed by atoms with Gasteiger partial charge in [-0.3, -0.25) is 4.79 Å². The van der Waals surface area contributed by atoms with Gasteiger partial charge in [-0.05, 0) is 67.6 Å². The van der Waals surface area contributed by atoms with Gasteiger partial charge < -0.3 is 5.32 Å². The van der Waals surface area contributed by atoms with Crippen molar-refractivity contribution in [2.75, 3.05) is 6.54 Å². The summed E-state index contributed by atoms with van der Waals surface area (Å²) >= 11 is 0. The molecule has 0 radical (unpaired) electrons. The van der Waals surface area contributed by atoms with E-state index in [-0.39, 0.29) is 17.1 Å². The average molecular weight is 299 g/mol. The third kappa shape index (κ3) is 2.37. The molecule has 2 saturated carbocycles. The quantitative estimate of drug-likeness (QED) is 0.827. The van der Waals surface area contributed by atoms with Gasteiger partial charge in [0.25, 0.3) is 0 Å². The Kier molecular flexibility index (Phi) is 3.32. The molecule has 0 spiro atoms. The second kappa shape index (κ2) is 5.22. The number of rotatable bonds is 5. The van der Waals surface area contributed by atoms with E-state index in [0.717, 1.165) is 49.1 Å². The molecule has 3 aliphatic rings. The van der Waals surface area contributed by atoms with E-state index in [0.29, 0.717) is 0 Å². The van der Waals surface area contributed by atoms with Crippen LogP contribution in [-0.4, -0.2) is 12.5 Å². The molecule has 1 aromatic rings. The molecule has 3 heteroatoms. The Morgan fingerprint density at radius 1 is 1.18 bits per heavy atom. The first kappa shape index (κ1) is 14.0. The molecule has 1 aromatic carbocycles. The lowest BCUT2D eigenvalue weighted by molar-refractivity contribution is -0.123. The highest BCUT2D eigenvalue weighted by Gasteiger charge is 2.51. The maximum atomic E-state index is 13.0. The van der Waals surface area contributed by atoms with E-state index in [1.54, 1.807) is 12.1 Å². The van der Waals surface area contributed by atoms with Crippen LogP contribution in [0.4, 0.5) is 4.39 Å². The Labute approximate surface area is 130 Å². The van der Waals surface area contributed by atoms with Gasteiger partial charge in [0.1, 0.15) is 5.82 Å². The SMILES string of the molecule is O=C(NCC[C@@H]1C[C@@H]2C=C[C@H]1C2)C1(c2ccc(F)cc2)CC1. The van der Waals surface area contributed by atoms with Gasteiger partial charge in [-0.25, -0.2) is 4.39 Å². The third-order valence-corrected chi connectivity index (χ3v) is 5.80. The normalized spacial score (nSPS) is 30.5. The van der Waals surface area contributed by atoms with Crippen LogP contribution in [0.15, 0.2) is 36.4 Å². The summed E-state index contributed by atoms with van der Waals surface area (Å²) in [6.45, 7) is 0.767. The van der Waals surface area contributed by atoms with Crippen molar-refractivity contribution in [1.29, 1.82) is 0 Å². The van der Waals surface area contributed by atoms with Crippen LogP contribution in [0.3, 0.4) is 0 Å². The largest absolute Gasteiger partial charge is 0.355 e. The van der Waals surface area contributed by atoms with Crippen molar-refractivity contribution >= 4 is 5.91 Å². The van der Waals surface area contributed by atoms with E-state index in [9.17, 15) is 9.18 Å². The molecule has 3 aliphatic carbocycles. The van der Waals surface area contributed by atoms with Gasteiger partial charge in [0.15, 0.2) is 0 Å². The summed E-state index contributed by atoms with van der Waals surface area (Å²) in [6, 6.07) is 6.40. The molecule has 1 N–H and O–H groups in total. The van der Waals surface area contributed by atoms with Crippen LogP contribution < -0.4 is 5.32 Å².